The third-order valence-electron chi connectivity index (χ3n) is 1.85. The summed E-state index contributed by atoms with van der Waals surface area (Å²) in [6.45, 7) is 1.58. The summed E-state index contributed by atoms with van der Waals surface area (Å²) in [6, 6.07) is 4.27. The summed E-state index contributed by atoms with van der Waals surface area (Å²) >= 11 is 1.93. The van der Waals surface area contributed by atoms with Gasteiger partial charge in [-0.2, -0.15) is 0 Å². The maximum Gasteiger partial charge on any atom is 0.264 e. The van der Waals surface area contributed by atoms with E-state index in [4.69, 9.17) is 5.73 Å². The van der Waals surface area contributed by atoms with Gasteiger partial charge in [-0.25, -0.2) is 13.1 Å². The predicted octanol–water partition coefficient (Wildman–Crippen LogP) is 1.09. The first-order valence-corrected chi connectivity index (χ1v) is 7.03. The molecule has 5 nitrogen and oxygen atoms in total. The molecule has 0 fully saturated rings. The normalized spacial score (nSPS) is 11.1. The van der Waals surface area contributed by atoms with Gasteiger partial charge in [0.05, 0.1) is 4.90 Å². The summed E-state index contributed by atoms with van der Waals surface area (Å²) in [5.41, 5.74) is 6.07. The second-order valence-electron chi connectivity index (χ2n) is 3.07. The zero-order valence-electron chi connectivity index (χ0n) is 8.53. The number of amides is 1. The molecule has 0 aliphatic carbocycles. The molecule has 0 saturated carbocycles. The van der Waals surface area contributed by atoms with E-state index >= 15 is 0 Å². The largest absolute Gasteiger partial charge is 0.398 e. The van der Waals surface area contributed by atoms with Crippen LogP contribution in [-0.2, 0) is 14.8 Å². The Morgan fingerprint density at radius 2 is 2.12 bits per heavy atom. The lowest BCUT2D eigenvalue weighted by Gasteiger charge is -2.07. The Morgan fingerprint density at radius 3 is 2.62 bits per heavy atom. The monoisotopic (exact) mass is 354 g/mol. The minimum atomic E-state index is -3.77. The predicted molar refractivity (Wildman–Crippen MR) is 69.2 cm³/mol. The first-order valence-electron chi connectivity index (χ1n) is 4.47. The van der Waals surface area contributed by atoms with Crippen molar-refractivity contribution in [2.24, 2.45) is 0 Å². The Kier molecular flexibility index (Phi) is 4.14. The molecule has 0 aliphatic heterocycles. The van der Waals surface area contributed by atoms with E-state index in [1.807, 2.05) is 27.3 Å². The molecule has 0 atom stereocenters. The number of rotatable bonds is 3. The highest BCUT2D eigenvalue weighted by molar-refractivity contribution is 14.1. The van der Waals surface area contributed by atoms with Crippen LogP contribution >= 0.6 is 22.6 Å². The number of benzene rings is 1. The molecule has 0 aromatic heterocycles. The molecule has 1 aromatic carbocycles. The quantitative estimate of drug-likeness (QED) is 0.628. The molecule has 1 aromatic rings. The van der Waals surface area contributed by atoms with Gasteiger partial charge in [0.15, 0.2) is 0 Å². The zero-order valence-corrected chi connectivity index (χ0v) is 11.5. The van der Waals surface area contributed by atoms with Crippen molar-refractivity contribution in [1.82, 2.24) is 4.72 Å². The molecule has 1 rings (SSSR count). The van der Waals surface area contributed by atoms with Crippen LogP contribution in [0, 0.1) is 3.57 Å². The second-order valence-corrected chi connectivity index (χ2v) is 5.91. The highest BCUT2D eigenvalue weighted by atomic mass is 127. The summed E-state index contributed by atoms with van der Waals surface area (Å²) in [6.07, 6.45) is 0.116. The van der Waals surface area contributed by atoms with E-state index in [0.29, 0.717) is 9.26 Å². The van der Waals surface area contributed by atoms with E-state index in [0.717, 1.165) is 0 Å². The number of nitrogens with two attached hydrogens (primary N) is 1. The Labute approximate surface area is 108 Å². The molecule has 0 heterocycles. The highest BCUT2D eigenvalue weighted by Crippen LogP contribution is 2.19. The summed E-state index contributed by atoms with van der Waals surface area (Å²) in [4.78, 5) is 11.1. The third kappa shape index (κ3) is 3.08. The molecule has 7 heteroatoms. The summed E-state index contributed by atoms with van der Waals surface area (Å²) in [5.74, 6) is -0.535. The molecule has 16 heavy (non-hydrogen) atoms. The lowest BCUT2D eigenvalue weighted by molar-refractivity contribution is -0.119. The van der Waals surface area contributed by atoms with E-state index in [-0.39, 0.29) is 11.3 Å². The second kappa shape index (κ2) is 5.00. The van der Waals surface area contributed by atoms with Crippen LogP contribution in [0.3, 0.4) is 0 Å². The van der Waals surface area contributed by atoms with Crippen molar-refractivity contribution in [3.05, 3.63) is 21.8 Å². The summed E-state index contributed by atoms with van der Waals surface area (Å²) in [5, 5.41) is 0. The summed E-state index contributed by atoms with van der Waals surface area (Å²) < 4.78 is 26.0. The molecular weight excluding hydrogens is 343 g/mol. The van der Waals surface area contributed by atoms with Gasteiger partial charge in [-0.05, 0) is 40.8 Å². The lowest BCUT2D eigenvalue weighted by Crippen LogP contribution is -2.29. The maximum atomic E-state index is 11.7. The maximum absolute atomic E-state index is 11.7. The average molecular weight is 354 g/mol. The van der Waals surface area contributed by atoms with Gasteiger partial charge >= 0.3 is 0 Å². The van der Waals surface area contributed by atoms with Gasteiger partial charge in [-0.3, -0.25) is 4.79 Å². The van der Waals surface area contributed by atoms with E-state index in [1.165, 1.54) is 18.2 Å². The minimum absolute atomic E-state index is 0.0351. The van der Waals surface area contributed by atoms with Crippen molar-refractivity contribution in [3.63, 3.8) is 0 Å². The zero-order chi connectivity index (χ0) is 12.3. The molecule has 0 saturated heterocycles. The number of sulfonamides is 1. The van der Waals surface area contributed by atoms with E-state index in [1.54, 1.807) is 6.92 Å². The molecule has 88 valence electrons. The number of halogens is 1. The fourth-order valence-electron chi connectivity index (χ4n) is 0.956. The molecular formula is C9H11IN2O3S. The van der Waals surface area contributed by atoms with Crippen molar-refractivity contribution in [1.29, 1.82) is 0 Å². The van der Waals surface area contributed by atoms with Crippen molar-refractivity contribution >= 4 is 44.2 Å². The lowest BCUT2D eigenvalue weighted by atomic mass is 10.3. The molecule has 1 amide bonds. The van der Waals surface area contributed by atoms with Crippen molar-refractivity contribution in [2.45, 2.75) is 18.2 Å². The van der Waals surface area contributed by atoms with Crippen molar-refractivity contribution in [2.75, 3.05) is 5.73 Å². The third-order valence-corrected chi connectivity index (χ3v) is 4.16. The summed E-state index contributed by atoms with van der Waals surface area (Å²) in [7, 11) is -3.77. The smallest absolute Gasteiger partial charge is 0.264 e. The SMILES string of the molecule is CCC(=O)NS(=O)(=O)c1ccc(N)c(I)c1. The Hall–Kier alpha value is -0.830. The van der Waals surface area contributed by atoms with E-state index < -0.39 is 15.9 Å². The molecule has 0 bridgehead atoms. The van der Waals surface area contributed by atoms with Crippen LogP contribution < -0.4 is 10.5 Å². The number of carbonyl (C=O) groups excluding carboxylic acids is 1. The number of carbonyl (C=O) groups is 1. The van der Waals surface area contributed by atoms with Gasteiger partial charge in [0.1, 0.15) is 0 Å². The van der Waals surface area contributed by atoms with Gasteiger partial charge in [-0.15, -0.1) is 0 Å². The fourth-order valence-corrected chi connectivity index (χ4v) is 2.76. The van der Waals surface area contributed by atoms with E-state index in [9.17, 15) is 13.2 Å². The molecule has 0 aliphatic rings. The van der Waals surface area contributed by atoms with Crippen LogP contribution in [0.5, 0.6) is 0 Å². The fraction of sp³-hybridized carbons (Fsp3) is 0.222. The minimum Gasteiger partial charge on any atom is -0.398 e. The Morgan fingerprint density at radius 1 is 1.50 bits per heavy atom. The number of anilines is 1. The standard InChI is InChI=1S/C9H11IN2O3S/c1-2-9(13)12-16(14,15)6-3-4-8(11)7(10)5-6/h3-5H,2,11H2,1H3,(H,12,13). The van der Waals surface area contributed by atoms with Crippen LogP contribution in [0.4, 0.5) is 5.69 Å². The highest BCUT2D eigenvalue weighted by Gasteiger charge is 2.17. The number of hydrogen-bond donors (Lipinski definition) is 2. The van der Waals surface area contributed by atoms with Gasteiger partial charge in [-0.1, -0.05) is 6.92 Å². The van der Waals surface area contributed by atoms with Crippen LogP contribution in [0.1, 0.15) is 13.3 Å². The van der Waals surface area contributed by atoms with Crippen LogP contribution in [0.2, 0.25) is 0 Å². The molecule has 0 radical (unpaired) electrons. The van der Waals surface area contributed by atoms with Crippen LogP contribution in [0.15, 0.2) is 23.1 Å². The molecule has 0 spiro atoms. The van der Waals surface area contributed by atoms with Gasteiger partial charge in [0.25, 0.3) is 10.0 Å². The number of nitrogen functional groups attached to an aromatic ring is 1. The molecule has 0 unspecified atom stereocenters. The Bertz CT molecular complexity index is 513. The topological polar surface area (TPSA) is 89.3 Å². The van der Waals surface area contributed by atoms with Crippen LogP contribution in [0.25, 0.3) is 0 Å². The first-order chi connectivity index (χ1) is 7.36. The molecule has 3 N–H and O–H groups in total. The van der Waals surface area contributed by atoms with Gasteiger partial charge < -0.3 is 5.73 Å². The Balaban J connectivity index is 3.08. The number of hydrogen-bond acceptors (Lipinski definition) is 4. The van der Waals surface area contributed by atoms with E-state index in [2.05, 4.69) is 0 Å². The van der Waals surface area contributed by atoms with Crippen LogP contribution in [-0.4, -0.2) is 14.3 Å². The van der Waals surface area contributed by atoms with Gasteiger partial charge in [0.2, 0.25) is 5.91 Å². The van der Waals surface area contributed by atoms with Crippen molar-refractivity contribution < 1.29 is 13.2 Å². The average Bonchev–Trinajstić information content (AvgIpc) is 2.21. The van der Waals surface area contributed by atoms with Crippen molar-refractivity contribution in [3.8, 4) is 0 Å². The first kappa shape index (κ1) is 13.2. The number of nitrogens with one attached hydrogen (secondary N) is 1. The van der Waals surface area contributed by atoms with Gasteiger partial charge in [0, 0.05) is 15.7 Å².